The Kier molecular flexibility index (Phi) is 13.9. The van der Waals surface area contributed by atoms with Gasteiger partial charge < -0.3 is 14.9 Å². The van der Waals surface area contributed by atoms with Crippen LogP contribution in [0.15, 0.2) is 34.6 Å². The normalized spacial score (nSPS) is 13.3. The first kappa shape index (κ1) is 25.0. The van der Waals surface area contributed by atoms with Crippen LogP contribution >= 0.6 is 0 Å². The summed E-state index contributed by atoms with van der Waals surface area (Å²) < 4.78 is 5.52. The molecule has 0 spiro atoms. The van der Waals surface area contributed by atoms with E-state index >= 15 is 0 Å². The standard InChI is InChI=1S/C22H36O5/c1-5-9-11-17(7-3)15-20(22(25)26)19(21(23)24)13-14-27-16-18(8-4)12-10-6-2/h15-16H,5-14H2,1-4H3,(H,23,24)(H,25,26)/b17-15?,18-16?,20-19-. The van der Waals surface area contributed by atoms with Crippen molar-refractivity contribution in [2.45, 2.75) is 85.5 Å². The van der Waals surface area contributed by atoms with Crippen LogP contribution in [0.5, 0.6) is 0 Å². The predicted octanol–water partition coefficient (Wildman–Crippen LogP) is 5.87. The van der Waals surface area contributed by atoms with E-state index in [0.29, 0.717) is 6.42 Å². The van der Waals surface area contributed by atoms with Crippen LogP contribution in [0.1, 0.15) is 85.5 Å². The summed E-state index contributed by atoms with van der Waals surface area (Å²) in [6.07, 6.45) is 10.8. The van der Waals surface area contributed by atoms with Gasteiger partial charge in [-0.05, 0) is 50.2 Å². The molecular formula is C22H36O5. The number of hydrogen-bond donors (Lipinski definition) is 2. The first-order valence-corrected chi connectivity index (χ1v) is 10.1. The molecule has 27 heavy (non-hydrogen) atoms. The van der Waals surface area contributed by atoms with Crippen molar-refractivity contribution in [3.63, 3.8) is 0 Å². The average molecular weight is 381 g/mol. The van der Waals surface area contributed by atoms with Crippen LogP contribution in [0.3, 0.4) is 0 Å². The highest BCUT2D eigenvalue weighted by molar-refractivity contribution is 6.01. The van der Waals surface area contributed by atoms with Gasteiger partial charge in [0.25, 0.3) is 0 Å². The molecule has 0 aliphatic carbocycles. The van der Waals surface area contributed by atoms with E-state index in [0.717, 1.165) is 50.5 Å². The largest absolute Gasteiger partial charge is 0.501 e. The lowest BCUT2D eigenvalue weighted by molar-refractivity contribution is -0.135. The maximum absolute atomic E-state index is 11.7. The molecule has 0 unspecified atom stereocenters. The molecule has 0 fully saturated rings. The second-order valence-electron chi connectivity index (χ2n) is 6.62. The minimum absolute atomic E-state index is 0.0551. The summed E-state index contributed by atoms with van der Waals surface area (Å²) in [6, 6.07) is 0. The number of carbonyl (C=O) groups is 2. The Bertz CT molecular complexity index is 555. The smallest absolute Gasteiger partial charge is 0.336 e. The Morgan fingerprint density at radius 1 is 0.815 bits per heavy atom. The van der Waals surface area contributed by atoms with Gasteiger partial charge in [-0.25, -0.2) is 9.59 Å². The summed E-state index contributed by atoms with van der Waals surface area (Å²) in [5, 5.41) is 19.0. The first-order chi connectivity index (χ1) is 12.9. The van der Waals surface area contributed by atoms with Gasteiger partial charge in [0.05, 0.1) is 24.0 Å². The molecule has 0 aromatic carbocycles. The van der Waals surface area contributed by atoms with E-state index < -0.39 is 11.9 Å². The molecule has 154 valence electrons. The van der Waals surface area contributed by atoms with Crippen molar-refractivity contribution in [2.75, 3.05) is 6.61 Å². The second kappa shape index (κ2) is 15.1. The van der Waals surface area contributed by atoms with Crippen LogP contribution in [0.4, 0.5) is 0 Å². The van der Waals surface area contributed by atoms with Gasteiger partial charge in [-0.1, -0.05) is 46.1 Å². The van der Waals surface area contributed by atoms with Gasteiger partial charge in [-0.15, -0.1) is 0 Å². The Labute approximate surface area is 163 Å². The monoisotopic (exact) mass is 380 g/mol. The van der Waals surface area contributed by atoms with Gasteiger partial charge >= 0.3 is 11.9 Å². The minimum atomic E-state index is -1.21. The van der Waals surface area contributed by atoms with E-state index in [9.17, 15) is 19.8 Å². The molecule has 5 heteroatoms. The van der Waals surface area contributed by atoms with Crippen molar-refractivity contribution < 1.29 is 24.5 Å². The van der Waals surface area contributed by atoms with Crippen LogP contribution < -0.4 is 0 Å². The zero-order valence-corrected chi connectivity index (χ0v) is 17.3. The Morgan fingerprint density at radius 2 is 1.37 bits per heavy atom. The van der Waals surface area contributed by atoms with E-state index in [-0.39, 0.29) is 24.2 Å². The van der Waals surface area contributed by atoms with Crippen LogP contribution in [0.25, 0.3) is 0 Å². The SMILES string of the molecule is CCCCC(=COCC/C(C(=O)O)=C(\C=C(CC)CCCC)C(=O)O)CC. The van der Waals surface area contributed by atoms with Crippen LogP contribution in [0, 0.1) is 0 Å². The lowest BCUT2D eigenvalue weighted by Gasteiger charge is -2.10. The Hall–Kier alpha value is -2.04. The average Bonchev–Trinajstić information content (AvgIpc) is 2.64. The molecule has 2 N–H and O–H groups in total. The fourth-order valence-electron chi connectivity index (χ4n) is 2.65. The van der Waals surface area contributed by atoms with Gasteiger partial charge in [0.1, 0.15) is 0 Å². The zero-order valence-electron chi connectivity index (χ0n) is 17.3. The molecule has 0 aliphatic heterocycles. The molecular weight excluding hydrogens is 344 g/mol. The Morgan fingerprint density at radius 3 is 1.81 bits per heavy atom. The van der Waals surface area contributed by atoms with E-state index in [2.05, 4.69) is 20.8 Å². The summed E-state index contributed by atoms with van der Waals surface area (Å²) in [7, 11) is 0. The molecule has 0 rings (SSSR count). The van der Waals surface area contributed by atoms with Gasteiger partial charge in [-0.2, -0.15) is 0 Å². The van der Waals surface area contributed by atoms with Gasteiger partial charge in [-0.3, -0.25) is 0 Å². The fraction of sp³-hybridized carbons (Fsp3) is 0.636. The molecule has 5 nitrogen and oxygen atoms in total. The van der Waals surface area contributed by atoms with Crippen molar-refractivity contribution >= 4 is 11.9 Å². The number of carboxylic acid groups (broad SMARTS) is 2. The maximum Gasteiger partial charge on any atom is 0.336 e. The molecule has 0 aliphatic rings. The van der Waals surface area contributed by atoms with Gasteiger partial charge in [0, 0.05) is 6.42 Å². The lowest BCUT2D eigenvalue weighted by atomic mass is 9.99. The number of hydrogen-bond acceptors (Lipinski definition) is 3. The molecule has 0 saturated heterocycles. The van der Waals surface area contributed by atoms with E-state index in [1.165, 1.54) is 11.6 Å². The van der Waals surface area contributed by atoms with Gasteiger partial charge in [0.15, 0.2) is 0 Å². The number of rotatable bonds is 15. The molecule has 0 saturated carbocycles. The summed E-state index contributed by atoms with van der Waals surface area (Å²) >= 11 is 0. The molecule has 0 atom stereocenters. The number of carboxylic acids is 2. The number of aliphatic carboxylic acids is 2. The summed E-state index contributed by atoms with van der Waals surface area (Å²) in [4.78, 5) is 23.3. The maximum atomic E-state index is 11.7. The van der Waals surface area contributed by atoms with Crippen molar-refractivity contribution in [3.05, 3.63) is 34.6 Å². The van der Waals surface area contributed by atoms with Crippen LogP contribution in [0.2, 0.25) is 0 Å². The fourth-order valence-corrected chi connectivity index (χ4v) is 2.65. The summed E-state index contributed by atoms with van der Waals surface area (Å²) in [6.45, 7) is 8.36. The molecule has 0 heterocycles. The highest BCUT2D eigenvalue weighted by Crippen LogP contribution is 2.19. The van der Waals surface area contributed by atoms with Crippen LogP contribution in [-0.2, 0) is 14.3 Å². The third-order valence-corrected chi connectivity index (χ3v) is 4.49. The number of ether oxygens (including phenoxy) is 1. The van der Waals surface area contributed by atoms with Crippen molar-refractivity contribution in [3.8, 4) is 0 Å². The second-order valence-corrected chi connectivity index (χ2v) is 6.62. The third-order valence-electron chi connectivity index (χ3n) is 4.49. The summed E-state index contributed by atoms with van der Waals surface area (Å²) in [5.41, 5.74) is 1.90. The van der Waals surface area contributed by atoms with Crippen molar-refractivity contribution in [1.82, 2.24) is 0 Å². The van der Waals surface area contributed by atoms with E-state index in [4.69, 9.17) is 4.74 Å². The highest BCUT2D eigenvalue weighted by Gasteiger charge is 2.19. The van der Waals surface area contributed by atoms with E-state index in [1.807, 2.05) is 6.92 Å². The summed E-state index contributed by atoms with van der Waals surface area (Å²) in [5.74, 6) is -2.41. The Balaban J connectivity index is 5.30. The van der Waals surface area contributed by atoms with E-state index in [1.54, 1.807) is 6.26 Å². The first-order valence-electron chi connectivity index (χ1n) is 10.1. The molecule has 0 amide bonds. The molecule has 0 radical (unpaired) electrons. The predicted molar refractivity (Wildman–Crippen MR) is 109 cm³/mol. The van der Waals surface area contributed by atoms with Crippen molar-refractivity contribution in [2.24, 2.45) is 0 Å². The van der Waals surface area contributed by atoms with Crippen LogP contribution in [-0.4, -0.2) is 28.8 Å². The lowest BCUT2D eigenvalue weighted by Crippen LogP contribution is -2.12. The third kappa shape index (κ3) is 10.6. The topological polar surface area (TPSA) is 83.8 Å². The zero-order chi connectivity index (χ0) is 20.7. The highest BCUT2D eigenvalue weighted by atomic mass is 16.5. The molecule has 0 aromatic heterocycles. The molecule has 0 bridgehead atoms. The number of unbranched alkanes of at least 4 members (excludes halogenated alkanes) is 2. The van der Waals surface area contributed by atoms with Gasteiger partial charge in [0.2, 0.25) is 0 Å². The molecule has 0 aromatic rings. The van der Waals surface area contributed by atoms with Crippen molar-refractivity contribution in [1.29, 1.82) is 0 Å². The number of allylic oxidation sites excluding steroid dienone is 2. The minimum Gasteiger partial charge on any atom is -0.501 e. The quantitative estimate of drug-likeness (QED) is 0.161.